The molecular weight excluding hydrogens is 324 g/mol. The van der Waals surface area contributed by atoms with Crippen molar-refractivity contribution in [3.05, 3.63) is 52.0 Å². The molecule has 26 heavy (non-hydrogen) atoms. The summed E-state index contributed by atoms with van der Waals surface area (Å²) in [5, 5.41) is 8.81. The fourth-order valence-corrected chi connectivity index (χ4v) is 3.29. The van der Waals surface area contributed by atoms with Crippen molar-refractivity contribution >= 4 is 16.8 Å². The lowest BCUT2D eigenvalue weighted by molar-refractivity contribution is -0.125. The molecule has 0 bridgehead atoms. The van der Waals surface area contributed by atoms with E-state index in [9.17, 15) is 4.79 Å². The minimum absolute atomic E-state index is 0.0530. The molecule has 5 heteroatoms. The molecule has 0 saturated heterocycles. The Morgan fingerprint density at radius 1 is 1.19 bits per heavy atom. The molecule has 2 N–H and O–H groups in total. The number of rotatable bonds is 5. The number of nitrogens with zero attached hydrogens (tertiary/aromatic N) is 2. The smallest absolute Gasteiger partial charge is 0.224 e. The Labute approximate surface area is 154 Å². The van der Waals surface area contributed by atoms with Crippen molar-refractivity contribution in [2.45, 2.75) is 54.6 Å². The third-order valence-corrected chi connectivity index (χ3v) is 5.48. The molecule has 0 spiro atoms. The Morgan fingerprint density at radius 2 is 1.92 bits per heavy atom. The summed E-state index contributed by atoms with van der Waals surface area (Å²) in [4.78, 5) is 15.9. The van der Waals surface area contributed by atoms with Gasteiger partial charge in [-0.25, -0.2) is 0 Å². The van der Waals surface area contributed by atoms with Gasteiger partial charge < -0.3 is 10.3 Å². The standard InChI is InChI=1S/C21H28N4O/c1-12(11-25-17(6)13(2)16(5)24-25)21(26)22-10-18-7-8-20-19(9-18)14(3)15(4)23-20/h7-9,12,23H,10-11H2,1-6H3,(H,22,26). The van der Waals surface area contributed by atoms with E-state index in [1.165, 1.54) is 22.2 Å². The number of aromatic amines is 1. The minimum atomic E-state index is -0.132. The molecule has 0 radical (unpaired) electrons. The van der Waals surface area contributed by atoms with Gasteiger partial charge in [0.15, 0.2) is 0 Å². The fraction of sp³-hybridized carbons (Fsp3) is 0.429. The van der Waals surface area contributed by atoms with E-state index in [1.807, 2.05) is 18.5 Å². The first-order valence-electron chi connectivity index (χ1n) is 9.14. The summed E-state index contributed by atoms with van der Waals surface area (Å²) < 4.78 is 1.94. The monoisotopic (exact) mass is 352 g/mol. The zero-order valence-corrected chi connectivity index (χ0v) is 16.5. The van der Waals surface area contributed by atoms with Gasteiger partial charge in [0.05, 0.1) is 18.2 Å². The van der Waals surface area contributed by atoms with Crippen molar-refractivity contribution in [2.75, 3.05) is 0 Å². The lowest BCUT2D eigenvalue weighted by atomic mass is 10.1. The normalized spacial score (nSPS) is 12.5. The quantitative estimate of drug-likeness (QED) is 0.732. The van der Waals surface area contributed by atoms with Crippen LogP contribution < -0.4 is 5.32 Å². The van der Waals surface area contributed by atoms with E-state index in [-0.39, 0.29) is 11.8 Å². The number of carbonyl (C=O) groups excluding carboxylic acids is 1. The van der Waals surface area contributed by atoms with E-state index < -0.39 is 0 Å². The summed E-state index contributed by atoms with van der Waals surface area (Å²) in [6, 6.07) is 6.30. The largest absolute Gasteiger partial charge is 0.358 e. The molecule has 1 aromatic carbocycles. The van der Waals surface area contributed by atoms with Gasteiger partial charge in [0.2, 0.25) is 5.91 Å². The van der Waals surface area contributed by atoms with Gasteiger partial charge in [0, 0.05) is 28.8 Å². The second kappa shape index (κ2) is 6.98. The summed E-state index contributed by atoms with van der Waals surface area (Å²) in [6.45, 7) is 13.4. The maximum atomic E-state index is 12.5. The van der Waals surface area contributed by atoms with E-state index in [0.717, 1.165) is 22.5 Å². The zero-order chi connectivity index (χ0) is 19.0. The summed E-state index contributed by atoms with van der Waals surface area (Å²) in [7, 11) is 0. The second-order valence-electron chi connectivity index (χ2n) is 7.35. The highest BCUT2D eigenvalue weighted by Gasteiger charge is 2.16. The van der Waals surface area contributed by atoms with E-state index in [2.05, 4.69) is 61.3 Å². The third-order valence-electron chi connectivity index (χ3n) is 5.48. The molecular formula is C21H28N4O. The molecule has 2 aromatic heterocycles. The zero-order valence-electron chi connectivity index (χ0n) is 16.5. The van der Waals surface area contributed by atoms with Gasteiger partial charge in [0.1, 0.15) is 0 Å². The van der Waals surface area contributed by atoms with Gasteiger partial charge in [-0.2, -0.15) is 5.10 Å². The van der Waals surface area contributed by atoms with E-state index >= 15 is 0 Å². The van der Waals surface area contributed by atoms with Gasteiger partial charge in [-0.3, -0.25) is 9.48 Å². The molecule has 5 nitrogen and oxygen atoms in total. The van der Waals surface area contributed by atoms with Crippen LogP contribution in [0.3, 0.4) is 0 Å². The van der Waals surface area contributed by atoms with Crippen LogP contribution in [0.15, 0.2) is 18.2 Å². The molecule has 1 atom stereocenters. The summed E-state index contributed by atoms with van der Waals surface area (Å²) >= 11 is 0. The second-order valence-corrected chi connectivity index (χ2v) is 7.35. The highest BCUT2D eigenvalue weighted by atomic mass is 16.1. The first-order chi connectivity index (χ1) is 12.3. The number of aryl methyl sites for hydroxylation is 3. The number of H-pyrrole nitrogens is 1. The van der Waals surface area contributed by atoms with Crippen LogP contribution in [-0.4, -0.2) is 20.7 Å². The number of hydrogen-bond acceptors (Lipinski definition) is 2. The molecule has 0 saturated carbocycles. The van der Waals surface area contributed by atoms with Crippen molar-refractivity contribution in [1.29, 1.82) is 0 Å². The van der Waals surface area contributed by atoms with Gasteiger partial charge in [-0.1, -0.05) is 13.0 Å². The summed E-state index contributed by atoms with van der Waals surface area (Å²) in [5.74, 6) is -0.0790. The van der Waals surface area contributed by atoms with Crippen molar-refractivity contribution in [3.8, 4) is 0 Å². The van der Waals surface area contributed by atoms with Crippen LogP contribution in [0.25, 0.3) is 10.9 Å². The molecule has 3 aromatic rings. The molecule has 2 heterocycles. The van der Waals surface area contributed by atoms with E-state index in [0.29, 0.717) is 13.1 Å². The number of nitrogens with one attached hydrogen (secondary N) is 2. The predicted molar refractivity (Wildman–Crippen MR) is 105 cm³/mol. The number of hydrogen-bond donors (Lipinski definition) is 2. The Kier molecular flexibility index (Phi) is 4.90. The molecule has 0 aliphatic carbocycles. The Bertz CT molecular complexity index is 964. The van der Waals surface area contributed by atoms with Crippen LogP contribution in [0.4, 0.5) is 0 Å². The van der Waals surface area contributed by atoms with Gasteiger partial charge in [0.25, 0.3) is 0 Å². The average molecular weight is 352 g/mol. The van der Waals surface area contributed by atoms with Crippen LogP contribution in [-0.2, 0) is 17.9 Å². The van der Waals surface area contributed by atoms with Crippen molar-refractivity contribution in [3.63, 3.8) is 0 Å². The van der Waals surface area contributed by atoms with Gasteiger partial charge in [-0.05, 0) is 63.4 Å². The van der Waals surface area contributed by atoms with Gasteiger partial charge in [-0.15, -0.1) is 0 Å². The maximum Gasteiger partial charge on any atom is 0.224 e. The topological polar surface area (TPSA) is 62.7 Å². The molecule has 1 unspecified atom stereocenters. The number of carbonyl (C=O) groups is 1. The predicted octanol–water partition coefficient (Wildman–Crippen LogP) is 3.86. The van der Waals surface area contributed by atoms with Crippen LogP contribution in [0.2, 0.25) is 0 Å². The molecule has 138 valence electrons. The molecule has 0 aliphatic heterocycles. The Balaban J connectivity index is 1.64. The third kappa shape index (κ3) is 3.39. The van der Waals surface area contributed by atoms with Crippen LogP contribution in [0.5, 0.6) is 0 Å². The SMILES string of the molecule is Cc1nn(CC(C)C(=O)NCc2ccc3[nH]c(C)c(C)c3c2)c(C)c1C. The summed E-state index contributed by atoms with van der Waals surface area (Å²) in [6.07, 6.45) is 0. The average Bonchev–Trinajstić information content (AvgIpc) is 3.03. The Hall–Kier alpha value is -2.56. The number of fused-ring (bicyclic) bond motifs is 1. The molecule has 0 aliphatic rings. The minimum Gasteiger partial charge on any atom is -0.358 e. The molecule has 1 amide bonds. The molecule has 0 fully saturated rings. The lowest BCUT2D eigenvalue weighted by Crippen LogP contribution is -2.31. The first-order valence-corrected chi connectivity index (χ1v) is 9.14. The maximum absolute atomic E-state index is 12.5. The van der Waals surface area contributed by atoms with Crippen LogP contribution in [0.1, 0.15) is 40.7 Å². The van der Waals surface area contributed by atoms with Crippen molar-refractivity contribution in [1.82, 2.24) is 20.1 Å². The number of amides is 1. The number of benzene rings is 1. The summed E-state index contributed by atoms with van der Waals surface area (Å²) in [5.41, 5.74) is 8.07. The van der Waals surface area contributed by atoms with Crippen LogP contribution in [0, 0.1) is 40.5 Å². The highest BCUT2D eigenvalue weighted by molar-refractivity contribution is 5.85. The van der Waals surface area contributed by atoms with Crippen molar-refractivity contribution < 1.29 is 4.79 Å². The van der Waals surface area contributed by atoms with Gasteiger partial charge >= 0.3 is 0 Å². The van der Waals surface area contributed by atoms with E-state index in [1.54, 1.807) is 0 Å². The number of aromatic nitrogens is 3. The van der Waals surface area contributed by atoms with E-state index in [4.69, 9.17) is 0 Å². The fourth-order valence-electron chi connectivity index (χ4n) is 3.29. The van der Waals surface area contributed by atoms with Crippen LogP contribution >= 0.6 is 0 Å². The lowest BCUT2D eigenvalue weighted by Gasteiger charge is -2.14. The van der Waals surface area contributed by atoms with Crippen molar-refractivity contribution in [2.24, 2.45) is 5.92 Å². The Morgan fingerprint density at radius 3 is 2.58 bits per heavy atom. The first kappa shape index (κ1) is 18.2. The highest BCUT2D eigenvalue weighted by Crippen LogP contribution is 2.22. The molecule has 3 rings (SSSR count).